The summed E-state index contributed by atoms with van der Waals surface area (Å²) in [5.41, 5.74) is -0.0227. The molecule has 0 N–H and O–H groups in total. The maximum atomic E-state index is 12.3. The molecule has 0 fully saturated rings. The Hall–Kier alpha value is -0.770. The highest BCUT2D eigenvalue weighted by molar-refractivity contribution is 9.11. The molecule has 0 heterocycles. The summed E-state index contributed by atoms with van der Waals surface area (Å²) in [6.45, 7) is 3.58. The Bertz CT molecular complexity index is 341. The van der Waals surface area contributed by atoms with E-state index in [0.29, 0.717) is 16.5 Å². The van der Waals surface area contributed by atoms with Gasteiger partial charge in [-0.1, -0.05) is 40.7 Å². The van der Waals surface area contributed by atoms with E-state index >= 15 is 0 Å². The van der Waals surface area contributed by atoms with Crippen molar-refractivity contribution in [3.05, 3.63) is 46.5 Å². The molecule has 0 saturated heterocycles. The lowest BCUT2D eigenvalue weighted by Gasteiger charge is -2.07. The van der Waals surface area contributed by atoms with Gasteiger partial charge in [0, 0.05) is 6.42 Å². The maximum absolute atomic E-state index is 12.3. The van der Waals surface area contributed by atoms with E-state index in [2.05, 4.69) is 22.5 Å². The van der Waals surface area contributed by atoms with Crippen LogP contribution < -0.4 is 0 Å². The van der Waals surface area contributed by atoms with E-state index in [1.165, 1.54) is 6.07 Å². The highest BCUT2D eigenvalue weighted by atomic mass is 79.9. The number of alkyl halides is 3. The first-order valence-electron chi connectivity index (χ1n) is 3.89. The first-order valence-corrected chi connectivity index (χ1v) is 4.68. The molecule has 0 aliphatic carbocycles. The van der Waals surface area contributed by atoms with Gasteiger partial charge in [0.25, 0.3) is 0 Å². The van der Waals surface area contributed by atoms with E-state index in [0.717, 1.165) is 12.1 Å². The SMILES string of the molecule is C=C(Br)Cc1cccc(C(F)(F)F)c1. The van der Waals surface area contributed by atoms with Crippen LogP contribution in [-0.2, 0) is 12.6 Å². The third kappa shape index (κ3) is 3.18. The summed E-state index contributed by atoms with van der Waals surface area (Å²) in [5, 5.41) is 0. The molecule has 0 amide bonds. The second-order valence-corrected chi connectivity index (χ2v) is 4.01. The summed E-state index contributed by atoms with van der Waals surface area (Å²) in [6.07, 6.45) is -3.87. The van der Waals surface area contributed by atoms with Crippen molar-refractivity contribution in [2.45, 2.75) is 12.6 Å². The standard InChI is InChI=1S/C10H8BrF3/c1-7(11)5-8-3-2-4-9(6-8)10(12,13)14/h2-4,6H,1,5H2. The third-order valence-electron chi connectivity index (χ3n) is 1.65. The number of halogens is 4. The van der Waals surface area contributed by atoms with Gasteiger partial charge in [-0.25, -0.2) is 0 Å². The number of benzene rings is 1. The average molecular weight is 265 g/mol. The fraction of sp³-hybridized carbons (Fsp3) is 0.200. The van der Waals surface area contributed by atoms with Crippen LogP contribution in [0.25, 0.3) is 0 Å². The zero-order valence-corrected chi connectivity index (χ0v) is 8.82. The van der Waals surface area contributed by atoms with Crippen LogP contribution in [0.3, 0.4) is 0 Å². The molecule has 0 aliphatic rings. The minimum absolute atomic E-state index is 0.407. The van der Waals surface area contributed by atoms with Crippen molar-refractivity contribution in [2.75, 3.05) is 0 Å². The highest BCUT2D eigenvalue weighted by Gasteiger charge is 2.30. The van der Waals surface area contributed by atoms with Gasteiger partial charge < -0.3 is 0 Å². The number of hydrogen-bond donors (Lipinski definition) is 0. The minimum atomic E-state index is -4.27. The summed E-state index contributed by atoms with van der Waals surface area (Å²) in [6, 6.07) is 5.22. The first-order chi connectivity index (χ1) is 6.39. The topological polar surface area (TPSA) is 0 Å². The largest absolute Gasteiger partial charge is 0.416 e. The Labute approximate surface area is 88.6 Å². The van der Waals surface area contributed by atoms with Gasteiger partial charge in [0.2, 0.25) is 0 Å². The molecule has 1 rings (SSSR count). The summed E-state index contributed by atoms with van der Waals surface area (Å²) < 4.78 is 37.5. The van der Waals surface area contributed by atoms with Crippen molar-refractivity contribution in [1.82, 2.24) is 0 Å². The maximum Gasteiger partial charge on any atom is 0.416 e. The van der Waals surface area contributed by atoms with Crippen LogP contribution in [0, 0.1) is 0 Å². The molecule has 1 aromatic rings. The zero-order chi connectivity index (χ0) is 10.8. The van der Waals surface area contributed by atoms with Crippen LogP contribution in [0.15, 0.2) is 35.3 Å². The lowest BCUT2D eigenvalue weighted by atomic mass is 10.1. The molecule has 0 bridgehead atoms. The summed E-state index contributed by atoms with van der Waals surface area (Å²) >= 11 is 3.11. The van der Waals surface area contributed by atoms with E-state index in [1.54, 1.807) is 6.07 Å². The smallest absolute Gasteiger partial charge is 0.166 e. The van der Waals surface area contributed by atoms with Crippen molar-refractivity contribution >= 4 is 15.9 Å². The molecule has 4 heteroatoms. The molecule has 1 aromatic carbocycles. The fourth-order valence-electron chi connectivity index (χ4n) is 1.08. The van der Waals surface area contributed by atoms with Gasteiger partial charge in [-0.2, -0.15) is 13.2 Å². The van der Waals surface area contributed by atoms with Gasteiger partial charge in [-0.15, -0.1) is 0 Å². The Kier molecular flexibility index (Phi) is 3.37. The molecule has 0 radical (unpaired) electrons. The lowest BCUT2D eigenvalue weighted by Crippen LogP contribution is -2.05. The van der Waals surface area contributed by atoms with Crippen molar-refractivity contribution in [3.63, 3.8) is 0 Å². The van der Waals surface area contributed by atoms with Gasteiger partial charge in [0.15, 0.2) is 0 Å². The van der Waals surface area contributed by atoms with E-state index in [1.807, 2.05) is 0 Å². The van der Waals surface area contributed by atoms with E-state index < -0.39 is 11.7 Å². The molecule has 0 unspecified atom stereocenters. The van der Waals surface area contributed by atoms with Crippen molar-refractivity contribution < 1.29 is 13.2 Å². The van der Waals surface area contributed by atoms with E-state index in [-0.39, 0.29) is 0 Å². The van der Waals surface area contributed by atoms with Crippen LogP contribution in [0.5, 0.6) is 0 Å². The van der Waals surface area contributed by atoms with Crippen LogP contribution >= 0.6 is 15.9 Å². The molecule has 14 heavy (non-hydrogen) atoms. The molecule has 0 spiro atoms. The molecule has 76 valence electrons. The molecular weight excluding hydrogens is 257 g/mol. The second-order valence-electron chi connectivity index (χ2n) is 2.89. The van der Waals surface area contributed by atoms with Crippen LogP contribution in [0.2, 0.25) is 0 Å². The van der Waals surface area contributed by atoms with E-state index in [9.17, 15) is 13.2 Å². The molecule has 0 aliphatic heterocycles. The van der Waals surface area contributed by atoms with Gasteiger partial charge in [-0.05, 0) is 16.1 Å². The summed E-state index contributed by atoms with van der Waals surface area (Å²) in [7, 11) is 0. The minimum Gasteiger partial charge on any atom is -0.166 e. The Morgan fingerprint density at radius 1 is 1.36 bits per heavy atom. The van der Waals surface area contributed by atoms with Gasteiger partial charge in [-0.3, -0.25) is 0 Å². The first kappa shape index (κ1) is 11.3. The predicted molar refractivity (Wildman–Crippen MR) is 53.2 cm³/mol. The Morgan fingerprint density at radius 2 is 2.00 bits per heavy atom. The predicted octanol–water partition coefficient (Wildman–Crippen LogP) is 4.16. The van der Waals surface area contributed by atoms with Crippen molar-refractivity contribution in [3.8, 4) is 0 Å². The molecule has 0 nitrogen and oxygen atoms in total. The molecule has 0 saturated carbocycles. The summed E-state index contributed by atoms with van der Waals surface area (Å²) in [5.74, 6) is 0. The van der Waals surface area contributed by atoms with Crippen molar-refractivity contribution in [1.29, 1.82) is 0 Å². The third-order valence-corrected chi connectivity index (χ3v) is 1.93. The van der Waals surface area contributed by atoms with Crippen LogP contribution in [0.1, 0.15) is 11.1 Å². The summed E-state index contributed by atoms with van der Waals surface area (Å²) in [4.78, 5) is 0. The Balaban J connectivity index is 2.95. The molecule has 0 aromatic heterocycles. The molecular formula is C10H8BrF3. The van der Waals surface area contributed by atoms with Crippen LogP contribution in [-0.4, -0.2) is 0 Å². The van der Waals surface area contributed by atoms with Gasteiger partial charge in [0.05, 0.1) is 5.56 Å². The average Bonchev–Trinajstić information content (AvgIpc) is 2.01. The number of hydrogen-bond acceptors (Lipinski definition) is 0. The van der Waals surface area contributed by atoms with Crippen molar-refractivity contribution in [2.24, 2.45) is 0 Å². The second kappa shape index (κ2) is 4.17. The lowest BCUT2D eigenvalue weighted by molar-refractivity contribution is -0.137. The Morgan fingerprint density at radius 3 is 2.50 bits per heavy atom. The highest BCUT2D eigenvalue weighted by Crippen LogP contribution is 2.30. The zero-order valence-electron chi connectivity index (χ0n) is 7.24. The fourth-order valence-corrected chi connectivity index (χ4v) is 1.40. The monoisotopic (exact) mass is 264 g/mol. The van der Waals surface area contributed by atoms with Crippen LogP contribution in [0.4, 0.5) is 13.2 Å². The quantitative estimate of drug-likeness (QED) is 0.753. The normalized spacial score (nSPS) is 11.4. The van der Waals surface area contributed by atoms with Gasteiger partial charge >= 0.3 is 6.18 Å². The van der Waals surface area contributed by atoms with Gasteiger partial charge in [0.1, 0.15) is 0 Å². The molecule has 0 atom stereocenters. The number of allylic oxidation sites excluding steroid dienone is 1. The van der Waals surface area contributed by atoms with E-state index in [4.69, 9.17) is 0 Å². The number of rotatable bonds is 2.